The Labute approximate surface area is 215 Å². The number of rotatable bonds is 6. The molecule has 2 N–H and O–H groups in total. The minimum absolute atomic E-state index is 0.0333. The number of H-pyrrole nitrogens is 1. The van der Waals surface area contributed by atoms with Crippen molar-refractivity contribution < 1.29 is 18.8 Å². The first-order valence-corrected chi connectivity index (χ1v) is 12.4. The van der Waals surface area contributed by atoms with Crippen LogP contribution in [0.1, 0.15) is 17.7 Å². The van der Waals surface area contributed by atoms with E-state index in [0.29, 0.717) is 5.69 Å². The zero-order valence-electron chi connectivity index (χ0n) is 19.8. The third kappa shape index (κ3) is 4.40. The summed E-state index contributed by atoms with van der Waals surface area (Å²) >= 11 is 7.01. The van der Waals surface area contributed by atoms with Crippen LogP contribution in [0.2, 0.25) is 0 Å². The summed E-state index contributed by atoms with van der Waals surface area (Å²) in [6.45, 7) is 2.09. The maximum Gasteiger partial charge on any atom is 0.431 e. The van der Waals surface area contributed by atoms with Crippen molar-refractivity contribution in [1.29, 1.82) is 0 Å². The SMILES string of the molecule is Cc1ccc2nc(-c3ccc(NC(=O)CC4C(=O)N(C)C(=S)N4Cc4c(=O)o[nH][n+]4C)cc3)sc2c1. The monoisotopic (exact) mass is 523 g/mol. The van der Waals surface area contributed by atoms with Gasteiger partial charge in [0.05, 0.1) is 16.6 Å². The van der Waals surface area contributed by atoms with Crippen LogP contribution in [0.25, 0.3) is 20.8 Å². The molecule has 3 heterocycles. The number of hydrogen-bond acceptors (Lipinski definition) is 7. The molecule has 2 aromatic carbocycles. The average molecular weight is 524 g/mol. The molecule has 0 radical (unpaired) electrons. The summed E-state index contributed by atoms with van der Waals surface area (Å²) in [5, 5.41) is 6.43. The summed E-state index contributed by atoms with van der Waals surface area (Å²) in [5.74, 6) is -0.649. The first kappa shape index (κ1) is 23.8. The van der Waals surface area contributed by atoms with Crippen LogP contribution in [0.3, 0.4) is 0 Å². The lowest BCUT2D eigenvalue weighted by Crippen LogP contribution is -2.44. The normalized spacial score (nSPS) is 15.8. The number of aryl methyl sites for hydroxylation is 2. The van der Waals surface area contributed by atoms with Gasteiger partial charge in [-0.05, 0) is 66.4 Å². The molecule has 1 atom stereocenters. The first-order chi connectivity index (χ1) is 17.2. The molecule has 1 aliphatic rings. The van der Waals surface area contributed by atoms with Crippen molar-refractivity contribution in [2.75, 3.05) is 12.4 Å². The van der Waals surface area contributed by atoms with Gasteiger partial charge in [-0.3, -0.25) is 19.0 Å². The number of nitrogens with one attached hydrogen (secondary N) is 2. The van der Waals surface area contributed by atoms with Crippen molar-refractivity contribution >= 4 is 56.4 Å². The van der Waals surface area contributed by atoms with E-state index in [2.05, 4.69) is 23.6 Å². The fraction of sp³-hybridized carbons (Fsp3) is 0.250. The molecule has 1 saturated heterocycles. The van der Waals surface area contributed by atoms with Crippen molar-refractivity contribution in [3.8, 4) is 10.6 Å². The predicted octanol–water partition coefficient (Wildman–Crippen LogP) is 2.33. The van der Waals surface area contributed by atoms with Crippen LogP contribution in [0.15, 0.2) is 51.8 Å². The van der Waals surface area contributed by atoms with Crippen LogP contribution in [0.5, 0.6) is 0 Å². The molecule has 10 nitrogen and oxygen atoms in total. The molecular formula is C24H23N6O4S2+. The maximum atomic E-state index is 12.9. The molecule has 184 valence electrons. The highest BCUT2D eigenvalue weighted by Gasteiger charge is 2.43. The van der Waals surface area contributed by atoms with Gasteiger partial charge in [0.2, 0.25) is 5.91 Å². The van der Waals surface area contributed by atoms with Crippen LogP contribution in [-0.2, 0) is 23.2 Å². The van der Waals surface area contributed by atoms with Gasteiger partial charge in [0.25, 0.3) is 5.91 Å². The molecule has 1 unspecified atom stereocenters. The number of aromatic amines is 1. The molecule has 0 bridgehead atoms. The molecule has 1 fully saturated rings. The molecule has 4 aromatic rings. The lowest BCUT2D eigenvalue weighted by molar-refractivity contribution is -0.746. The summed E-state index contributed by atoms with van der Waals surface area (Å²) < 4.78 is 7.33. The minimum atomic E-state index is -0.831. The Hall–Kier alpha value is -3.90. The summed E-state index contributed by atoms with van der Waals surface area (Å²) in [4.78, 5) is 45.2. The second kappa shape index (κ2) is 9.28. The summed E-state index contributed by atoms with van der Waals surface area (Å²) in [5.41, 5.74) is 3.42. The van der Waals surface area contributed by atoms with Crippen LogP contribution in [0, 0.1) is 6.92 Å². The third-order valence-corrected chi connectivity index (χ3v) is 7.67. The number of benzene rings is 2. The molecule has 5 rings (SSSR count). The van der Waals surface area contributed by atoms with Gasteiger partial charge in [0, 0.05) is 18.3 Å². The largest absolute Gasteiger partial charge is 0.431 e. The molecule has 0 spiro atoms. The van der Waals surface area contributed by atoms with Gasteiger partial charge in [-0.2, -0.15) is 0 Å². The van der Waals surface area contributed by atoms with E-state index in [9.17, 15) is 14.4 Å². The van der Waals surface area contributed by atoms with E-state index in [-0.39, 0.29) is 35.6 Å². The van der Waals surface area contributed by atoms with Crippen LogP contribution < -0.4 is 15.6 Å². The summed E-state index contributed by atoms with van der Waals surface area (Å²) in [6.07, 6.45) is -0.123. The Morgan fingerprint density at radius 2 is 2.00 bits per heavy atom. The van der Waals surface area contributed by atoms with Gasteiger partial charge >= 0.3 is 11.3 Å². The number of thiocarbonyl (C=S) groups is 1. The smallest absolute Gasteiger partial charge is 0.326 e. The molecule has 2 aromatic heterocycles. The number of likely N-dealkylation sites (N-methyl/N-ethyl adjacent to an activating group) is 1. The highest BCUT2D eigenvalue weighted by Crippen LogP contribution is 2.31. The second-order valence-electron chi connectivity index (χ2n) is 8.63. The molecule has 0 saturated carbocycles. The Morgan fingerprint density at radius 3 is 2.69 bits per heavy atom. The van der Waals surface area contributed by atoms with Crippen molar-refractivity contribution in [1.82, 2.24) is 20.1 Å². The van der Waals surface area contributed by atoms with E-state index < -0.39 is 11.7 Å². The highest BCUT2D eigenvalue weighted by atomic mass is 32.1. The Kier molecular flexibility index (Phi) is 6.14. The Balaban J connectivity index is 1.29. The van der Waals surface area contributed by atoms with Gasteiger partial charge in [-0.25, -0.2) is 9.78 Å². The fourth-order valence-electron chi connectivity index (χ4n) is 4.08. The van der Waals surface area contributed by atoms with Crippen LogP contribution in [0.4, 0.5) is 5.69 Å². The third-order valence-electron chi connectivity index (χ3n) is 6.10. The van der Waals surface area contributed by atoms with Gasteiger partial charge in [0.1, 0.15) is 17.6 Å². The number of hydrogen-bond donors (Lipinski definition) is 2. The van der Waals surface area contributed by atoms with E-state index in [0.717, 1.165) is 20.8 Å². The van der Waals surface area contributed by atoms with Crippen molar-refractivity contribution in [2.24, 2.45) is 7.05 Å². The standard InChI is InChI=1S/C24H22N6O4S2/c1-13-4-9-16-19(10-13)36-21(26-16)14-5-7-15(8-6-14)25-20(31)11-17-22(32)28(2)24(35)30(17)12-18-23(33)34-27-29(18)3/h4-10,17H,11-12H2,1-3H3,(H-,25,26,27,31,33)/p+1. The predicted molar refractivity (Wildman–Crippen MR) is 138 cm³/mol. The zero-order chi connectivity index (χ0) is 25.6. The quantitative estimate of drug-likeness (QED) is 0.294. The minimum Gasteiger partial charge on any atom is -0.326 e. The number of amides is 2. The van der Waals surface area contributed by atoms with Crippen molar-refractivity contribution in [3.05, 3.63) is 64.1 Å². The van der Waals surface area contributed by atoms with Gasteiger partial charge < -0.3 is 10.2 Å². The van der Waals surface area contributed by atoms with E-state index >= 15 is 0 Å². The molecule has 12 heteroatoms. The molecule has 36 heavy (non-hydrogen) atoms. The van der Waals surface area contributed by atoms with E-state index in [1.807, 2.05) is 24.3 Å². The van der Waals surface area contributed by atoms with Crippen LogP contribution >= 0.6 is 23.6 Å². The molecule has 1 aliphatic heterocycles. The molecule has 2 amide bonds. The lowest BCUT2D eigenvalue weighted by Gasteiger charge is -2.21. The number of carbonyl (C=O) groups excluding carboxylic acids is 2. The van der Waals surface area contributed by atoms with E-state index in [4.69, 9.17) is 21.7 Å². The highest BCUT2D eigenvalue weighted by molar-refractivity contribution is 7.80. The maximum absolute atomic E-state index is 12.9. The Morgan fingerprint density at radius 1 is 1.25 bits per heavy atom. The lowest BCUT2D eigenvalue weighted by atomic mass is 10.1. The first-order valence-electron chi connectivity index (χ1n) is 11.1. The number of carbonyl (C=O) groups is 2. The second-order valence-corrected chi connectivity index (χ2v) is 10.0. The van der Waals surface area contributed by atoms with Crippen molar-refractivity contribution in [2.45, 2.75) is 25.9 Å². The summed E-state index contributed by atoms with van der Waals surface area (Å²) in [6, 6.07) is 12.8. The summed E-state index contributed by atoms with van der Waals surface area (Å²) in [7, 11) is 3.17. The number of nitrogens with zero attached hydrogens (tertiary/aromatic N) is 4. The van der Waals surface area contributed by atoms with Gasteiger partial charge in [-0.15, -0.1) is 11.3 Å². The van der Waals surface area contributed by atoms with Gasteiger partial charge in [0.15, 0.2) is 12.2 Å². The zero-order valence-corrected chi connectivity index (χ0v) is 21.4. The Bertz CT molecular complexity index is 1550. The average Bonchev–Trinajstić information content (AvgIpc) is 3.47. The van der Waals surface area contributed by atoms with Gasteiger partial charge in [-0.1, -0.05) is 10.7 Å². The number of thiazole rings is 1. The fourth-order valence-corrected chi connectivity index (χ4v) is 5.44. The van der Waals surface area contributed by atoms with Crippen LogP contribution in [-0.4, -0.2) is 50.1 Å². The molecular weight excluding hydrogens is 500 g/mol. The topological polar surface area (TPSA) is 115 Å². The van der Waals surface area contributed by atoms with E-state index in [1.165, 1.54) is 15.1 Å². The number of aromatic nitrogens is 3. The number of anilines is 1. The van der Waals surface area contributed by atoms with E-state index in [1.54, 1.807) is 42.5 Å². The molecule has 0 aliphatic carbocycles. The van der Waals surface area contributed by atoms with Crippen molar-refractivity contribution in [3.63, 3.8) is 0 Å². The number of fused-ring (bicyclic) bond motifs is 1.